The molecule has 0 spiro atoms. The van der Waals surface area contributed by atoms with Crippen molar-refractivity contribution < 1.29 is 9.72 Å². The molecule has 0 saturated carbocycles. The Morgan fingerprint density at radius 2 is 2.22 bits per heavy atom. The second-order valence-electron chi connectivity index (χ2n) is 4.31. The minimum absolute atomic E-state index is 0.0326. The smallest absolute Gasteiger partial charge is 0.274 e. The Hall–Kier alpha value is -1.95. The van der Waals surface area contributed by atoms with Crippen molar-refractivity contribution in [1.82, 2.24) is 5.32 Å². The Balaban J connectivity index is 2.40. The van der Waals surface area contributed by atoms with Crippen LogP contribution >= 0.6 is 0 Å². The van der Waals surface area contributed by atoms with E-state index in [-0.39, 0.29) is 11.6 Å². The molecular weight excluding hydrogens is 234 g/mol. The van der Waals surface area contributed by atoms with E-state index in [0.29, 0.717) is 11.3 Å². The van der Waals surface area contributed by atoms with E-state index < -0.39 is 11.0 Å². The van der Waals surface area contributed by atoms with Gasteiger partial charge in [-0.2, -0.15) is 0 Å². The molecule has 1 aliphatic heterocycles. The molecular formula is C12H15N3O3. The third kappa shape index (κ3) is 1.95. The van der Waals surface area contributed by atoms with Crippen LogP contribution in [-0.4, -0.2) is 17.4 Å². The molecule has 1 aromatic carbocycles. The van der Waals surface area contributed by atoms with E-state index in [1.165, 1.54) is 6.07 Å². The normalized spacial score (nSPS) is 17.4. The summed E-state index contributed by atoms with van der Waals surface area (Å²) in [5, 5.41) is 16.7. The summed E-state index contributed by atoms with van der Waals surface area (Å²) in [6.07, 6.45) is 0.922. The van der Waals surface area contributed by atoms with Crippen LogP contribution in [0.4, 0.5) is 11.4 Å². The molecule has 1 heterocycles. The van der Waals surface area contributed by atoms with Gasteiger partial charge in [0.05, 0.1) is 16.2 Å². The number of carbonyl (C=O) groups is 1. The summed E-state index contributed by atoms with van der Waals surface area (Å²) in [4.78, 5) is 22.2. The first-order valence-corrected chi connectivity index (χ1v) is 5.88. The Bertz CT molecular complexity index is 514. The SMILES string of the molecule is CCCNC1C(=O)Nc2c1ccc([N+](=O)[O-])c2C. The molecule has 96 valence electrons. The Morgan fingerprint density at radius 3 is 2.83 bits per heavy atom. The Kier molecular flexibility index (Phi) is 3.29. The van der Waals surface area contributed by atoms with Gasteiger partial charge in [-0.3, -0.25) is 14.9 Å². The van der Waals surface area contributed by atoms with E-state index in [0.717, 1.165) is 18.5 Å². The third-order valence-electron chi connectivity index (χ3n) is 3.09. The molecule has 1 atom stereocenters. The zero-order valence-electron chi connectivity index (χ0n) is 10.3. The van der Waals surface area contributed by atoms with Crippen LogP contribution in [0.3, 0.4) is 0 Å². The van der Waals surface area contributed by atoms with Crippen LogP contribution in [0.25, 0.3) is 0 Å². The number of nitro benzene ring substituents is 1. The molecule has 2 N–H and O–H groups in total. The highest BCUT2D eigenvalue weighted by Gasteiger charge is 2.33. The highest BCUT2D eigenvalue weighted by molar-refractivity contribution is 6.04. The fourth-order valence-electron chi connectivity index (χ4n) is 2.15. The number of hydrogen-bond acceptors (Lipinski definition) is 4. The van der Waals surface area contributed by atoms with Crippen molar-refractivity contribution in [3.05, 3.63) is 33.4 Å². The molecule has 0 fully saturated rings. The number of nitrogens with zero attached hydrogens (tertiary/aromatic N) is 1. The molecule has 0 saturated heterocycles. The largest absolute Gasteiger partial charge is 0.324 e. The van der Waals surface area contributed by atoms with Crippen molar-refractivity contribution in [2.45, 2.75) is 26.3 Å². The van der Waals surface area contributed by atoms with Gasteiger partial charge < -0.3 is 10.6 Å². The van der Waals surface area contributed by atoms with Gasteiger partial charge in [-0.15, -0.1) is 0 Å². The van der Waals surface area contributed by atoms with Crippen molar-refractivity contribution in [2.75, 3.05) is 11.9 Å². The maximum Gasteiger partial charge on any atom is 0.274 e. The molecule has 6 heteroatoms. The lowest BCUT2D eigenvalue weighted by Gasteiger charge is -2.10. The van der Waals surface area contributed by atoms with Gasteiger partial charge in [0.2, 0.25) is 5.91 Å². The molecule has 0 aromatic heterocycles. The molecule has 0 bridgehead atoms. The predicted molar refractivity (Wildman–Crippen MR) is 67.5 cm³/mol. The van der Waals surface area contributed by atoms with Crippen molar-refractivity contribution in [3.8, 4) is 0 Å². The number of hydrogen-bond donors (Lipinski definition) is 2. The van der Waals surface area contributed by atoms with Crippen LogP contribution in [0.15, 0.2) is 12.1 Å². The standard InChI is InChI=1S/C12H15N3O3/c1-3-6-13-11-8-4-5-9(15(17)18)7(2)10(8)14-12(11)16/h4-5,11,13H,3,6H2,1-2H3,(H,14,16). The summed E-state index contributed by atoms with van der Waals surface area (Å²) in [6, 6.07) is 2.69. The minimum Gasteiger partial charge on any atom is -0.324 e. The van der Waals surface area contributed by atoms with E-state index in [1.807, 2.05) is 6.92 Å². The molecule has 6 nitrogen and oxygen atoms in total. The minimum atomic E-state index is -0.436. The second kappa shape index (κ2) is 4.73. The van der Waals surface area contributed by atoms with Gasteiger partial charge in [-0.05, 0) is 26.0 Å². The first-order valence-electron chi connectivity index (χ1n) is 5.88. The van der Waals surface area contributed by atoms with Gasteiger partial charge in [0.1, 0.15) is 6.04 Å². The molecule has 0 radical (unpaired) electrons. The fraction of sp³-hybridized carbons (Fsp3) is 0.417. The zero-order chi connectivity index (χ0) is 13.3. The number of anilines is 1. The zero-order valence-corrected chi connectivity index (χ0v) is 10.3. The quantitative estimate of drug-likeness (QED) is 0.630. The summed E-state index contributed by atoms with van der Waals surface area (Å²) in [7, 11) is 0. The number of nitro groups is 1. The van der Waals surface area contributed by atoms with Crippen LogP contribution in [0.1, 0.15) is 30.5 Å². The van der Waals surface area contributed by atoms with Crippen molar-refractivity contribution in [2.24, 2.45) is 0 Å². The molecule has 1 aromatic rings. The Labute approximate surface area is 105 Å². The summed E-state index contributed by atoms with van der Waals surface area (Å²) < 4.78 is 0. The molecule has 1 unspecified atom stereocenters. The van der Waals surface area contributed by atoms with E-state index in [1.54, 1.807) is 13.0 Å². The van der Waals surface area contributed by atoms with E-state index in [4.69, 9.17) is 0 Å². The summed E-state index contributed by atoms with van der Waals surface area (Å²) >= 11 is 0. The number of nitrogens with one attached hydrogen (secondary N) is 2. The summed E-state index contributed by atoms with van der Waals surface area (Å²) in [6.45, 7) is 4.40. The third-order valence-corrected chi connectivity index (χ3v) is 3.09. The monoisotopic (exact) mass is 249 g/mol. The lowest BCUT2D eigenvalue weighted by Crippen LogP contribution is -2.27. The highest BCUT2D eigenvalue weighted by Crippen LogP contribution is 2.37. The maximum absolute atomic E-state index is 11.8. The van der Waals surface area contributed by atoms with Crippen LogP contribution in [0.2, 0.25) is 0 Å². The first-order chi connectivity index (χ1) is 8.56. The second-order valence-corrected chi connectivity index (χ2v) is 4.31. The topological polar surface area (TPSA) is 84.3 Å². The molecule has 0 aliphatic carbocycles. The van der Waals surface area contributed by atoms with Crippen LogP contribution in [0, 0.1) is 17.0 Å². The van der Waals surface area contributed by atoms with Gasteiger partial charge in [-0.25, -0.2) is 0 Å². The number of carbonyl (C=O) groups excluding carboxylic acids is 1. The van der Waals surface area contributed by atoms with E-state index in [2.05, 4.69) is 10.6 Å². The molecule has 2 rings (SSSR count). The molecule has 1 aliphatic rings. The summed E-state index contributed by atoms with van der Waals surface area (Å²) in [5.41, 5.74) is 1.90. The van der Waals surface area contributed by atoms with Crippen LogP contribution in [-0.2, 0) is 4.79 Å². The average Bonchev–Trinajstić information content (AvgIpc) is 2.64. The number of fused-ring (bicyclic) bond motifs is 1. The van der Waals surface area contributed by atoms with Gasteiger partial charge in [0, 0.05) is 11.6 Å². The van der Waals surface area contributed by atoms with Crippen LogP contribution < -0.4 is 10.6 Å². The molecule has 18 heavy (non-hydrogen) atoms. The highest BCUT2D eigenvalue weighted by atomic mass is 16.6. The molecule has 1 amide bonds. The van der Waals surface area contributed by atoms with Gasteiger partial charge in [-0.1, -0.05) is 6.92 Å². The van der Waals surface area contributed by atoms with Crippen LogP contribution in [0.5, 0.6) is 0 Å². The maximum atomic E-state index is 11.8. The van der Waals surface area contributed by atoms with Gasteiger partial charge in [0.25, 0.3) is 5.69 Å². The number of rotatable bonds is 4. The van der Waals surface area contributed by atoms with E-state index >= 15 is 0 Å². The Morgan fingerprint density at radius 1 is 1.50 bits per heavy atom. The van der Waals surface area contributed by atoms with Crippen molar-refractivity contribution >= 4 is 17.3 Å². The van der Waals surface area contributed by atoms with Crippen molar-refractivity contribution in [1.29, 1.82) is 0 Å². The number of amides is 1. The van der Waals surface area contributed by atoms with Crippen molar-refractivity contribution in [3.63, 3.8) is 0 Å². The fourth-order valence-corrected chi connectivity index (χ4v) is 2.15. The van der Waals surface area contributed by atoms with Gasteiger partial charge in [0.15, 0.2) is 0 Å². The first kappa shape index (κ1) is 12.5. The predicted octanol–water partition coefficient (Wildman–Crippen LogP) is 1.90. The number of benzene rings is 1. The lowest BCUT2D eigenvalue weighted by molar-refractivity contribution is -0.385. The lowest BCUT2D eigenvalue weighted by atomic mass is 10.0. The summed E-state index contributed by atoms with van der Waals surface area (Å²) in [5.74, 6) is -0.151. The van der Waals surface area contributed by atoms with E-state index in [9.17, 15) is 14.9 Å². The average molecular weight is 249 g/mol. The van der Waals surface area contributed by atoms with Gasteiger partial charge >= 0.3 is 0 Å².